The lowest BCUT2D eigenvalue weighted by Gasteiger charge is -2.15. The molecule has 1 atom stereocenters. The second-order valence-electron chi connectivity index (χ2n) is 5.18. The highest BCUT2D eigenvalue weighted by atomic mass is 32.2. The third-order valence-electron chi connectivity index (χ3n) is 3.53. The van der Waals surface area contributed by atoms with Gasteiger partial charge in [-0.05, 0) is 35.0 Å². The number of carboxylic acid groups (broad SMARTS) is 1. The van der Waals surface area contributed by atoms with Crippen molar-refractivity contribution in [2.24, 2.45) is 0 Å². The Labute approximate surface area is 142 Å². The summed E-state index contributed by atoms with van der Waals surface area (Å²) in [5.41, 5.74) is 1.48. The number of imide groups is 1. The molecule has 6 nitrogen and oxygen atoms in total. The van der Waals surface area contributed by atoms with E-state index in [4.69, 9.17) is 0 Å². The molecule has 0 spiro atoms. The number of thioether (sulfide) groups is 1. The topological polar surface area (TPSA) is 89.5 Å². The van der Waals surface area contributed by atoms with Crippen LogP contribution in [0.4, 0.5) is 10.5 Å². The van der Waals surface area contributed by atoms with E-state index >= 15 is 0 Å². The van der Waals surface area contributed by atoms with Crippen LogP contribution in [0, 0.1) is 0 Å². The second kappa shape index (κ2) is 6.76. The normalized spacial score (nSPS) is 17.2. The van der Waals surface area contributed by atoms with Crippen molar-refractivity contribution in [3.8, 4) is 0 Å². The Hall–Kier alpha value is -2.80. The minimum atomic E-state index is -1.27. The van der Waals surface area contributed by atoms with Crippen molar-refractivity contribution in [2.75, 3.05) is 5.32 Å². The van der Waals surface area contributed by atoms with Gasteiger partial charge in [0.2, 0.25) is 0 Å². The lowest BCUT2D eigenvalue weighted by Crippen LogP contribution is -2.33. The number of carbonyl (C=O) groups is 3. The highest BCUT2D eigenvalue weighted by molar-refractivity contribution is 8.15. The van der Waals surface area contributed by atoms with E-state index in [0.717, 1.165) is 17.3 Å². The van der Waals surface area contributed by atoms with Crippen LogP contribution in [0.25, 0.3) is 0 Å². The zero-order chi connectivity index (χ0) is 17.1. The third kappa shape index (κ3) is 3.41. The first kappa shape index (κ1) is 16.1. The predicted molar refractivity (Wildman–Crippen MR) is 88.2 cm³/mol. The van der Waals surface area contributed by atoms with Gasteiger partial charge in [-0.25, -0.2) is 0 Å². The number of carboxylic acids is 1. The largest absolute Gasteiger partial charge is 0.545 e. The second-order valence-corrected chi connectivity index (χ2v) is 6.24. The number of nitrogens with zero attached hydrogens (tertiary/aromatic N) is 1. The van der Waals surface area contributed by atoms with Gasteiger partial charge in [0.05, 0.1) is 12.5 Å². The number of rotatable bonds is 5. The monoisotopic (exact) mass is 341 g/mol. The van der Waals surface area contributed by atoms with Crippen LogP contribution in [-0.4, -0.2) is 27.4 Å². The number of aromatic carboxylic acids is 1. The summed E-state index contributed by atoms with van der Waals surface area (Å²) in [6, 6.07) is 15.1. The first-order valence-electron chi connectivity index (χ1n) is 7.18. The molecule has 0 saturated carbocycles. The highest BCUT2D eigenvalue weighted by Crippen LogP contribution is 2.29. The zero-order valence-corrected chi connectivity index (χ0v) is 13.3. The Bertz CT molecular complexity index is 777. The summed E-state index contributed by atoms with van der Waals surface area (Å²) in [6.45, 7) is 0.229. The fourth-order valence-electron chi connectivity index (χ4n) is 2.30. The molecular formula is C17H13N2O4S-. The van der Waals surface area contributed by atoms with Crippen molar-refractivity contribution in [1.29, 1.82) is 0 Å². The van der Waals surface area contributed by atoms with Crippen molar-refractivity contribution >= 4 is 34.6 Å². The minimum absolute atomic E-state index is 0.0488. The molecule has 0 aliphatic carbocycles. The molecule has 1 saturated heterocycles. The molecule has 0 aromatic heterocycles. The Morgan fingerprint density at radius 3 is 2.38 bits per heavy atom. The number of anilines is 1. The predicted octanol–water partition coefficient (Wildman–Crippen LogP) is 1.68. The van der Waals surface area contributed by atoms with Gasteiger partial charge in [-0.1, -0.05) is 42.5 Å². The Morgan fingerprint density at radius 2 is 1.75 bits per heavy atom. The molecule has 1 aliphatic heterocycles. The summed E-state index contributed by atoms with van der Waals surface area (Å²) in [5.74, 6) is -1.59. The molecule has 1 heterocycles. The lowest BCUT2D eigenvalue weighted by molar-refractivity contribution is -0.255. The maximum atomic E-state index is 12.4. The van der Waals surface area contributed by atoms with Gasteiger partial charge in [-0.2, -0.15) is 0 Å². The van der Waals surface area contributed by atoms with Crippen molar-refractivity contribution in [1.82, 2.24) is 4.90 Å². The van der Waals surface area contributed by atoms with Crippen LogP contribution in [0.3, 0.4) is 0 Å². The summed E-state index contributed by atoms with van der Waals surface area (Å²) in [4.78, 5) is 36.4. The molecule has 7 heteroatoms. The number of amides is 2. The van der Waals surface area contributed by atoms with Crippen LogP contribution in [0.15, 0.2) is 54.6 Å². The SMILES string of the molecule is O=C([O-])c1ccc(N[C@H]2SC(=O)N(Cc3ccccc3)C2=O)cc1. The summed E-state index contributed by atoms with van der Waals surface area (Å²) in [5, 5.41) is 12.6. The molecule has 2 aromatic carbocycles. The van der Waals surface area contributed by atoms with Gasteiger partial charge in [0.25, 0.3) is 11.1 Å². The summed E-state index contributed by atoms with van der Waals surface area (Å²) < 4.78 is 0. The van der Waals surface area contributed by atoms with Gasteiger partial charge in [0, 0.05) is 5.69 Å². The molecular weight excluding hydrogens is 328 g/mol. The number of hydrogen-bond acceptors (Lipinski definition) is 6. The van der Waals surface area contributed by atoms with Crippen molar-refractivity contribution < 1.29 is 19.5 Å². The van der Waals surface area contributed by atoms with Gasteiger partial charge in [0.1, 0.15) is 0 Å². The molecule has 1 aliphatic rings. The van der Waals surface area contributed by atoms with Crippen LogP contribution in [0.5, 0.6) is 0 Å². The third-order valence-corrected chi connectivity index (χ3v) is 4.51. The summed E-state index contributed by atoms with van der Waals surface area (Å²) in [7, 11) is 0. The van der Waals surface area contributed by atoms with Gasteiger partial charge in [-0.15, -0.1) is 0 Å². The zero-order valence-electron chi connectivity index (χ0n) is 12.5. The van der Waals surface area contributed by atoms with Crippen LogP contribution in [0.2, 0.25) is 0 Å². The van der Waals surface area contributed by atoms with E-state index < -0.39 is 11.3 Å². The standard InChI is InChI=1S/C17H14N2O4S/c20-15-14(18-13-8-6-12(7-9-13)16(21)22)24-17(23)19(15)10-11-4-2-1-3-5-11/h1-9,14,18H,10H2,(H,21,22)/p-1/t14-/m0/s1. The lowest BCUT2D eigenvalue weighted by atomic mass is 10.2. The van der Waals surface area contributed by atoms with Crippen LogP contribution in [0.1, 0.15) is 15.9 Å². The van der Waals surface area contributed by atoms with E-state index in [1.165, 1.54) is 29.2 Å². The van der Waals surface area contributed by atoms with E-state index in [9.17, 15) is 19.5 Å². The molecule has 3 rings (SSSR count). The first-order chi connectivity index (χ1) is 11.5. The molecule has 122 valence electrons. The average molecular weight is 341 g/mol. The van der Waals surface area contributed by atoms with Crippen LogP contribution in [-0.2, 0) is 11.3 Å². The Balaban J connectivity index is 1.68. The van der Waals surface area contributed by atoms with E-state index in [1.54, 1.807) is 0 Å². The molecule has 2 amide bonds. The van der Waals surface area contributed by atoms with E-state index in [0.29, 0.717) is 5.69 Å². The molecule has 0 bridgehead atoms. The molecule has 2 aromatic rings. The molecule has 1 N–H and O–H groups in total. The summed E-state index contributed by atoms with van der Waals surface area (Å²) >= 11 is 0.904. The maximum Gasteiger partial charge on any atom is 0.291 e. The van der Waals surface area contributed by atoms with Crippen molar-refractivity contribution in [3.63, 3.8) is 0 Å². The molecule has 0 unspecified atom stereocenters. The molecule has 0 radical (unpaired) electrons. The van der Waals surface area contributed by atoms with Crippen molar-refractivity contribution in [3.05, 3.63) is 65.7 Å². The highest BCUT2D eigenvalue weighted by Gasteiger charge is 2.39. The van der Waals surface area contributed by atoms with Crippen LogP contribution < -0.4 is 10.4 Å². The quantitative estimate of drug-likeness (QED) is 0.890. The number of nitrogens with one attached hydrogen (secondary N) is 1. The number of hydrogen-bond donors (Lipinski definition) is 1. The van der Waals surface area contributed by atoms with E-state index in [-0.39, 0.29) is 23.3 Å². The van der Waals surface area contributed by atoms with Gasteiger partial charge in [0.15, 0.2) is 5.37 Å². The fourth-order valence-corrected chi connectivity index (χ4v) is 3.21. The average Bonchev–Trinajstić information content (AvgIpc) is 2.84. The molecule has 1 fully saturated rings. The minimum Gasteiger partial charge on any atom is -0.545 e. The van der Waals surface area contributed by atoms with Crippen LogP contribution >= 0.6 is 11.8 Å². The van der Waals surface area contributed by atoms with Crippen molar-refractivity contribution in [2.45, 2.75) is 11.9 Å². The molecule has 24 heavy (non-hydrogen) atoms. The number of benzene rings is 2. The Kier molecular flexibility index (Phi) is 4.52. The van der Waals surface area contributed by atoms with Gasteiger partial charge in [-0.3, -0.25) is 14.5 Å². The smallest absolute Gasteiger partial charge is 0.291 e. The van der Waals surface area contributed by atoms with E-state index in [1.807, 2.05) is 30.3 Å². The van der Waals surface area contributed by atoms with Gasteiger partial charge >= 0.3 is 0 Å². The maximum absolute atomic E-state index is 12.4. The first-order valence-corrected chi connectivity index (χ1v) is 8.06. The number of carbonyl (C=O) groups excluding carboxylic acids is 3. The van der Waals surface area contributed by atoms with E-state index in [2.05, 4.69) is 5.32 Å². The fraction of sp³-hybridized carbons (Fsp3) is 0.118. The van der Waals surface area contributed by atoms with Gasteiger partial charge < -0.3 is 15.2 Å². The Morgan fingerprint density at radius 1 is 1.08 bits per heavy atom. The summed E-state index contributed by atoms with van der Waals surface area (Å²) in [6.07, 6.45) is 0.